The molecule has 1 aliphatic heterocycles. The van der Waals surface area contributed by atoms with E-state index in [1.54, 1.807) is 23.5 Å². The number of urea groups is 1. The Morgan fingerprint density at radius 2 is 2.27 bits per heavy atom. The maximum absolute atomic E-state index is 12.5. The number of nitrogens with zero attached hydrogens (tertiary/aromatic N) is 3. The number of carbonyl (C=O) groups is 1. The van der Waals surface area contributed by atoms with Crippen molar-refractivity contribution in [3.8, 4) is 0 Å². The first-order valence-corrected chi connectivity index (χ1v) is 8.15. The zero-order valence-corrected chi connectivity index (χ0v) is 13.0. The molecule has 0 bridgehead atoms. The molecule has 2 aromatic heterocycles. The van der Waals surface area contributed by atoms with Crippen LogP contribution in [0.4, 0.5) is 9.93 Å². The summed E-state index contributed by atoms with van der Waals surface area (Å²) >= 11 is 1.41. The van der Waals surface area contributed by atoms with Crippen LogP contribution >= 0.6 is 11.3 Å². The van der Waals surface area contributed by atoms with E-state index in [1.807, 2.05) is 17.5 Å². The molecule has 2 aromatic rings. The maximum atomic E-state index is 12.5. The number of carbonyl (C=O) groups excluding carboxylic acids is 1. The monoisotopic (exact) mass is 318 g/mol. The van der Waals surface area contributed by atoms with E-state index < -0.39 is 0 Å². The van der Waals surface area contributed by atoms with Gasteiger partial charge >= 0.3 is 6.03 Å². The summed E-state index contributed by atoms with van der Waals surface area (Å²) in [5.41, 5.74) is 1.04. The van der Waals surface area contributed by atoms with Gasteiger partial charge in [0.05, 0.1) is 6.10 Å². The second-order valence-electron chi connectivity index (χ2n) is 5.14. The molecule has 1 N–H and O–H groups in total. The number of hydrogen-bond donors (Lipinski definition) is 1. The highest BCUT2D eigenvalue weighted by molar-refractivity contribution is 7.13. The topological polar surface area (TPSA) is 67.4 Å². The van der Waals surface area contributed by atoms with Gasteiger partial charge in [0.25, 0.3) is 0 Å². The molecule has 2 amide bonds. The Hall–Kier alpha value is -1.99. The Labute approximate surface area is 133 Å². The van der Waals surface area contributed by atoms with Crippen LogP contribution in [0.15, 0.2) is 36.1 Å². The average Bonchev–Trinajstić information content (AvgIpc) is 3.21. The van der Waals surface area contributed by atoms with Gasteiger partial charge in [-0.25, -0.2) is 9.78 Å². The Bertz CT molecular complexity index is 585. The summed E-state index contributed by atoms with van der Waals surface area (Å²) < 4.78 is 5.66. The molecule has 0 radical (unpaired) electrons. The van der Waals surface area contributed by atoms with E-state index in [1.165, 1.54) is 11.3 Å². The van der Waals surface area contributed by atoms with Crippen LogP contribution in [0, 0.1) is 0 Å². The quantitative estimate of drug-likeness (QED) is 0.920. The van der Waals surface area contributed by atoms with Gasteiger partial charge in [-0.3, -0.25) is 10.3 Å². The Kier molecular flexibility index (Phi) is 4.97. The average molecular weight is 318 g/mol. The van der Waals surface area contributed by atoms with Crippen molar-refractivity contribution in [2.75, 3.05) is 18.5 Å². The van der Waals surface area contributed by atoms with Gasteiger partial charge in [0.1, 0.15) is 0 Å². The van der Waals surface area contributed by atoms with E-state index >= 15 is 0 Å². The molecule has 0 saturated carbocycles. The van der Waals surface area contributed by atoms with Gasteiger partial charge in [0.15, 0.2) is 5.13 Å². The number of hydrogen-bond acceptors (Lipinski definition) is 5. The van der Waals surface area contributed by atoms with Crippen molar-refractivity contribution >= 4 is 22.5 Å². The van der Waals surface area contributed by atoms with E-state index in [0.717, 1.165) is 25.0 Å². The molecule has 0 aromatic carbocycles. The lowest BCUT2D eigenvalue weighted by Crippen LogP contribution is -2.39. The summed E-state index contributed by atoms with van der Waals surface area (Å²) in [7, 11) is 0. The molecular formula is C15H18N4O2S. The van der Waals surface area contributed by atoms with E-state index in [-0.39, 0.29) is 12.1 Å². The van der Waals surface area contributed by atoms with Crippen LogP contribution in [0.5, 0.6) is 0 Å². The highest BCUT2D eigenvalue weighted by Crippen LogP contribution is 2.17. The van der Waals surface area contributed by atoms with E-state index in [2.05, 4.69) is 15.3 Å². The second-order valence-corrected chi connectivity index (χ2v) is 6.03. The molecule has 1 atom stereocenters. The lowest BCUT2D eigenvalue weighted by molar-refractivity contribution is 0.0819. The third-order valence-electron chi connectivity index (χ3n) is 3.50. The SMILES string of the molecule is O=C(Nc1nccs1)N(Cc1ccncc1)CC1CCCO1. The van der Waals surface area contributed by atoms with Gasteiger partial charge in [-0.05, 0) is 30.5 Å². The summed E-state index contributed by atoms with van der Waals surface area (Å²) in [5.74, 6) is 0. The van der Waals surface area contributed by atoms with Crippen LogP contribution in [-0.2, 0) is 11.3 Å². The van der Waals surface area contributed by atoms with Crippen LogP contribution in [-0.4, -0.2) is 40.2 Å². The summed E-state index contributed by atoms with van der Waals surface area (Å²) in [4.78, 5) is 22.4. The number of anilines is 1. The number of amides is 2. The van der Waals surface area contributed by atoms with Crippen LogP contribution in [0.2, 0.25) is 0 Å². The first-order valence-electron chi connectivity index (χ1n) is 7.27. The molecule has 1 saturated heterocycles. The molecule has 0 spiro atoms. The normalized spacial score (nSPS) is 17.4. The molecular weight excluding hydrogens is 300 g/mol. The summed E-state index contributed by atoms with van der Waals surface area (Å²) in [6, 6.07) is 3.68. The largest absolute Gasteiger partial charge is 0.376 e. The zero-order valence-electron chi connectivity index (χ0n) is 12.1. The predicted molar refractivity (Wildman–Crippen MR) is 84.8 cm³/mol. The van der Waals surface area contributed by atoms with Crippen molar-refractivity contribution in [1.82, 2.24) is 14.9 Å². The fraction of sp³-hybridized carbons (Fsp3) is 0.400. The summed E-state index contributed by atoms with van der Waals surface area (Å²) in [6.07, 6.45) is 7.31. The maximum Gasteiger partial charge on any atom is 0.324 e. The van der Waals surface area contributed by atoms with Crippen molar-refractivity contribution in [2.24, 2.45) is 0 Å². The Morgan fingerprint density at radius 3 is 2.95 bits per heavy atom. The molecule has 1 aliphatic rings. The van der Waals surface area contributed by atoms with Crippen molar-refractivity contribution in [3.63, 3.8) is 0 Å². The lowest BCUT2D eigenvalue weighted by atomic mass is 10.2. The number of thiazole rings is 1. The molecule has 6 nitrogen and oxygen atoms in total. The third-order valence-corrected chi connectivity index (χ3v) is 4.19. The zero-order chi connectivity index (χ0) is 15.2. The molecule has 1 unspecified atom stereocenters. The van der Waals surface area contributed by atoms with Gasteiger partial charge in [-0.1, -0.05) is 0 Å². The molecule has 3 rings (SSSR count). The van der Waals surface area contributed by atoms with Gasteiger partial charge in [0.2, 0.25) is 0 Å². The van der Waals surface area contributed by atoms with Crippen LogP contribution in [0.1, 0.15) is 18.4 Å². The second kappa shape index (κ2) is 7.33. The number of ether oxygens (including phenoxy) is 1. The first kappa shape index (κ1) is 14.9. The van der Waals surface area contributed by atoms with Crippen molar-refractivity contribution in [1.29, 1.82) is 0 Å². The smallest absolute Gasteiger partial charge is 0.324 e. The highest BCUT2D eigenvalue weighted by Gasteiger charge is 2.23. The summed E-state index contributed by atoms with van der Waals surface area (Å²) in [5, 5.41) is 5.28. The van der Waals surface area contributed by atoms with Gasteiger partial charge in [0, 0.05) is 43.7 Å². The van der Waals surface area contributed by atoms with E-state index in [4.69, 9.17) is 4.74 Å². The van der Waals surface area contributed by atoms with E-state index in [9.17, 15) is 4.79 Å². The van der Waals surface area contributed by atoms with Gasteiger partial charge in [-0.2, -0.15) is 0 Å². The minimum atomic E-state index is -0.151. The highest BCUT2D eigenvalue weighted by atomic mass is 32.1. The first-order chi connectivity index (χ1) is 10.8. The fourth-order valence-corrected chi connectivity index (χ4v) is 2.94. The predicted octanol–water partition coefficient (Wildman–Crippen LogP) is 2.75. The van der Waals surface area contributed by atoms with Crippen LogP contribution in [0.3, 0.4) is 0 Å². The lowest BCUT2D eigenvalue weighted by Gasteiger charge is -2.25. The minimum Gasteiger partial charge on any atom is -0.376 e. The molecule has 1 fully saturated rings. The van der Waals surface area contributed by atoms with Crippen LogP contribution in [0.25, 0.3) is 0 Å². The fourth-order valence-electron chi connectivity index (χ4n) is 2.42. The third kappa shape index (κ3) is 4.02. The number of aromatic nitrogens is 2. The minimum absolute atomic E-state index is 0.115. The summed E-state index contributed by atoms with van der Waals surface area (Å²) in [6.45, 7) is 1.89. The number of nitrogens with one attached hydrogen (secondary N) is 1. The van der Waals surface area contributed by atoms with Crippen molar-refractivity contribution in [3.05, 3.63) is 41.7 Å². The molecule has 0 aliphatic carbocycles. The van der Waals surface area contributed by atoms with E-state index in [0.29, 0.717) is 18.2 Å². The standard InChI is InChI=1S/C15H18N4O2S/c20-15(18-14-17-7-9-22-14)19(11-13-2-1-8-21-13)10-12-3-5-16-6-4-12/h3-7,9,13H,1-2,8,10-11H2,(H,17,18,20). The Balaban J connectivity index is 1.68. The van der Waals surface area contributed by atoms with Crippen LogP contribution < -0.4 is 5.32 Å². The van der Waals surface area contributed by atoms with Gasteiger partial charge < -0.3 is 9.64 Å². The molecule has 22 heavy (non-hydrogen) atoms. The number of pyridine rings is 1. The van der Waals surface area contributed by atoms with Crippen molar-refractivity contribution in [2.45, 2.75) is 25.5 Å². The molecule has 116 valence electrons. The van der Waals surface area contributed by atoms with Crippen molar-refractivity contribution < 1.29 is 9.53 Å². The molecule has 3 heterocycles. The molecule has 7 heteroatoms. The van der Waals surface area contributed by atoms with Gasteiger partial charge in [-0.15, -0.1) is 11.3 Å². The number of rotatable bonds is 5. The Morgan fingerprint density at radius 1 is 1.41 bits per heavy atom.